The van der Waals surface area contributed by atoms with Crippen molar-refractivity contribution in [3.8, 4) is 0 Å². The van der Waals surface area contributed by atoms with Crippen LogP contribution in [0.25, 0.3) is 0 Å². The fourth-order valence-electron chi connectivity index (χ4n) is 2.76. The molecule has 0 radical (unpaired) electrons. The highest BCUT2D eigenvalue weighted by Crippen LogP contribution is 2.31. The van der Waals surface area contributed by atoms with Crippen molar-refractivity contribution in [2.45, 2.75) is 71.2 Å². The highest BCUT2D eigenvalue weighted by molar-refractivity contribution is 5.68. The van der Waals surface area contributed by atoms with Crippen molar-refractivity contribution < 1.29 is 47.6 Å². The zero-order valence-corrected chi connectivity index (χ0v) is 17.1. The number of ether oxygens (including phenoxy) is 6. The molecule has 1 aliphatic rings. The van der Waals surface area contributed by atoms with Gasteiger partial charge in [0.05, 0.1) is 6.61 Å². The van der Waals surface area contributed by atoms with Gasteiger partial charge >= 0.3 is 23.9 Å². The van der Waals surface area contributed by atoms with Gasteiger partial charge < -0.3 is 28.4 Å². The van der Waals surface area contributed by atoms with E-state index in [-0.39, 0.29) is 13.2 Å². The first-order chi connectivity index (χ1) is 13.6. The third-order valence-corrected chi connectivity index (χ3v) is 3.78. The summed E-state index contributed by atoms with van der Waals surface area (Å²) in [4.78, 5) is 45.9. The molecule has 164 valence electrons. The largest absolute Gasteiger partial charge is 0.462 e. The van der Waals surface area contributed by atoms with E-state index >= 15 is 0 Å². The minimum atomic E-state index is -1.14. The summed E-state index contributed by atoms with van der Waals surface area (Å²) in [6.07, 6.45) is -2.45. The molecule has 5 atom stereocenters. The second-order valence-electron chi connectivity index (χ2n) is 6.37. The maximum atomic E-state index is 11.6. The Bertz CT molecular complexity index is 602. The zero-order valence-electron chi connectivity index (χ0n) is 17.1. The normalized spacial score (nSPS) is 24.3. The molecule has 1 saturated heterocycles. The smallest absolute Gasteiger partial charge is 0.303 e. The van der Waals surface area contributed by atoms with Gasteiger partial charge in [-0.05, 0) is 12.8 Å². The minimum Gasteiger partial charge on any atom is -0.462 e. The van der Waals surface area contributed by atoms with Gasteiger partial charge in [0.1, 0.15) is 12.7 Å². The molecule has 0 N–H and O–H groups in total. The summed E-state index contributed by atoms with van der Waals surface area (Å²) in [7, 11) is 0. The van der Waals surface area contributed by atoms with E-state index in [0.717, 1.165) is 0 Å². The number of allylic oxidation sites excluding steroid dienone is 1. The SMILES string of the molecule is C=CCCCOC1O[C@@H]([C@H](COC(C)=O)OC(C)=O)[C@H](OC(C)=O)[C@H]1OC(C)=O. The third-order valence-electron chi connectivity index (χ3n) is 3.78. The van der Waals surface area contributed by atoms with Gasteiger partial charge in [-0.3, -0.25) is 19.2 Å². The molecule has 0 aromatic rings. The van der Waals surface area contributed by atoms with Crippen LogP contribution in [0.1, 0.15) is 40.5 Å². The van der Waals surface area contributed by atoms with Crippen molar-refractivity contribution in [2.24, 2.45) is 0 Å². The second-order valence-corrected chi connectivity index (χ2v) is 6.37. The number of unbranched alkanes of at least 4 members (excludes halogenated alkanes) is 1. The number of carbonyl (C=O) groups is 4. The Morgan fingerprint density at radius 2 is 1.59 bits per heavy atom. The molecule has 1 unspecified atom stereocenters. The highest BCUT2D eigenvalue weighted by atomic mass is 16.7. The van der Waals surface area contributed by atoms with Crippen molar-refractivity contribution >= 4 is 23.9 Å². The van der Waals surface area contributed by atoms with Gasteiger partial charge in [-0.1, -0.05) is 6.08 Å². The number of esters is 4. The molecule has 0 bridgehead atoms. The van der Waals surface area contributed by atoms with E-state index in [0.29, 0.717) is 12.8 Å². The van der Waals surface area contributed by atoms with E-state index in [9.17, 15) is 19.2 Å². The predicted octanol–water partition coefficient (Wildman–Crippen LogP) is 1.05. The van der Waals surface area contributed by atoms with Crippen molar-refractivity contribution in [3.05, 3.63) is 12.7 Å². The first kappa shape index (κ1) is 24.6. The number of hydrogen-bond acceptors (Lipinski definition) is 10. The molecular formula is C19H28O10. The molecule has 10 nitrogen and oxygen atoms in total. The van der Waals surface area contributed by atoms with Gasteiger partial charge in [0.25, 0.3) is 0 Å². The van der Waals surface area contributed by atoms with E-state index < -0.39 is 54.6 Å². The average molecular weight is 416 g/mol. The lowest BCUT2D eigenvalue weighted by atomic mass is 10.1. The second kappa shape index (κ2) is 12.2. The molecule has 0 aromatic carbocycles. The van der Waals surface area contributed by atoms with Crippen LogP contribution in [-0.2, 0) is 47.6 Å². The van der Waals surface area contributed by atoms with Crippen LogP contribution in [0.2, 0.25) is 0 Å². The monoisotopic (exact) mass is 416 g/mol. The molecule has 1 fully saturated rings. The van der Waals surface area contributed by atoms with Gasteiger partial charge in [0, 0.05) is 27.7 Å². The van der Waals surface area contributed by atoms with Crippen LogP contribution in [0.5, 0.6) is 0 Å². The van der Waals surface area contributed by atoms with Crippen LogP contribution < -0.4 is 0 Å². The summed E-state index contributed by atoms with van der Waals surface area (Å²) in [5.41, 5.74) is 0. The first-order valence-corrected chi connectivity index (χ1v) is 9.18. The van der Waals surface area contributed by atoms with E-state index in [1.807, 2.05) is 0 Å². The van der Waals surface area contributed by atoms with Gasteiger partial charge in [-0.25, -0.2) is 0 Å². The maximum Gasteiger partial charge on any atom is 0.303 e. The summed E-state index contributed by atoms with van der Waals surface area (Å²) in [6.45, 7) is 8.27. The lowest BCUT2D eigenvalue weighted by molar-refractivity contribution is -0.199. The predicted molar refractivity (Wildman–Crippen MR) is 97.3 cm³/mol. The molecular weight excluding hydrogens is 388 g/mol. The van der Waals surface area contributed by atoms with Crippen LogP contribution in [-0.4, -0.2) is 67.8 Å². The molecule has 10 heteroatoms. The zero-order chi connectivity index (χ0) is 22.0. The van der Waals surface area contributed by atoms with Crippen molar-refractivity contribution in [3.63, 3.8) is 0 Å². The quantitative estimate of drug-likeness (QED) is 0.209. The Labute approximate surface area is 169 Å². The Morgan fingerprint density at radius 1 is 0.966 bits per heavy atom. The fraction of sp³-hybridized carbons (Fsp3) is 0.684. The third kappa shape index (κ3) is 8.61. The van der Waals surface area contributed by atoms with E-state index in [4.69, 9.17) is 28.4 Å². The molecule has 29 heavy (non-hydrogen) atoms. The van der Waals surface area contributed by atoms with Crippen LogP contribution in [0.4, 0.5) is 0 Å². The van der Waals surface area contributed by atoms with Crippen molar-refractivity contribution in [2.75, 3.05) is 13.2 Å². The Morgan fingerprint density at radius 3 is 2.10 bits per heavy atom. The lowest BCUT2D eigenvalue weighted by Gasteiger charge is -2.27. The molecule has 0 aliphatic carbocycles. The Hall–Kier alpha value is -2.46. The molecule has 0 spiro atoms. The fourth-order valence-corrected chi connectivity index (χ4v) is 2.76. The number of rotatable bonds is 11. The van der Waals surface area contributed by atoms with Crippen LogP contribution in [0.15, 0.2) is 12.7 Å². The van der Waals surface area contributed by atoms with Crippen molar-refractivity contribution in [1.29, 1.82) is 0 Å². The van der Waals surface area contributed by atoms with Crippen LogP contribution >= 0.6 is 0 Å². The maximum absolute atomic E-state index is 11.6. The first-order valence-electron chi connectivity index (χ1n) is 9.18. The molecule has 0 aromatic heterocycles. The Kier molecular flexibility index (Phi) is 10.3. The molecule has 1 rings (SSSR count). The van der Waals surface area contributed by atoms with E-state index in [2.05, 4.69) is 6.58 Å². The molecule has 0 amide bonds. The number of carbonyl (C=O) groups excluding carboxylic acids is 4. The van der Waals surface area contributed by atoms with E-state index in [1.54, 1.807) is 6.08 Å². The lowest BCUT2D eigenvalue weighted by Crippen LogP contribution is -2.46. The van der Waals surface area contributed by atoms with Crippen LogP contribution in [0.3, 0.4) is 0 Å². The summed E-state index contributed by atoms with van der Waals surface area (Å²) in [5, 5.41) is 0. The van der Waals surface area contributed by atoms with Gasteiger partial charge in [0.15, 0.2) is 24.6 Å². The Balaban J connectivity index is 3.11. The topological polar surface area (TPSA) is 124 Å². The van der Waals surface area contributed by atoms with Gasteiger partial charge in [-0.15, -0.1) is 6.58 Å². The van der Waals surface area contributed by atoms with Crippen LogP contribution in [0, 0.1) is 0 Å². The summed E-state index contributed by atoms with van der Waals surface area (Å²) < 4.78 is 32.2. The summed E-state index contributed by atoms with van der Waals surface area (Å²) >= 11 is 0. The number of hydrogen-bond donors (Lipinski definition) is 0. The molecule has 0 saturated carbocycles. The standard InChI is InChI=1S/C19H28O10/c1-6-7-8-9-24-19-18(28-14(5)23)17(27-13(4)22)16(29-19)15(26-12(3)21)10-25-11(2)20/h6,15-19H,1,7-10H2,2-5H3/t15-,16-,17-,18+,19?/m0/s1. The summed E-state index contributed by atoms with van der Waals surface area (Å²) in [5.74, 6) is -2.56. The van der Waals surface area contributed by atoms with Crippen molar-refractivity contribution in [1.82, 2.24) is 0 Å². The highest BCUT2D eigenvalue weighted by Gasteiger charge is 2.54. The van der Waals surface area contributed by atoms with E-state index in [1.165, 1.54) is 27.7 Å². The van der Waals surface area contributed by atoms with Gasteiger partial charge in [0.2, 0.25) is 0 Å². The summed E-state index contributed by atoms with van der Waals surface area (Å²) in [6, 6.07) is 0. The molecule has 1 heterocycles. The van der Waals surface area contributed by atoms with Gasteiger partial charge in [-0.2, -0.15) is 0 Å². The minimum absolute atomic E-state index is 0.260. The molecule has 1 aliphatic heterocycles. The average Bonchev–Trinajstić information content (AvgIpc) is 2.91.